The molecule has 3 nitrogen and oxygen atoms in total. The molecule has 1 aliphatic heterocycles. The molecule has 1 aliphatic rings. The summed E-state index contributed by atoms with van der Waals surface area (Å²) in [7, 11) is 1.69. The third-order valence-corrected chi connectivity index (χ3v) is 1.42. The highest BCUT2D eigenvalue weighted by molar-refractivity contribution is 5.94. The molecule has 0 radical (unpaired) electrons. The molecule has 0 saturated heterocycles. The fraction of sp³-hybridized carbons (Fsp3) is 0.429. The lowest BCUT2D eigenvalue weighted by atomic mass is 10.2. The maximum Gasteiger partial charge on any atom is 0.228 e. The van der Waals surface area contributed by atoms with Gasteiger partial charge in [0.1, 0.15) is 0 Å². The summed E-state index contributed by atoms with van der Waals surface area (Å²) >= 11 is 0. The molecule has 0 aliphatic carbocycles. The minimum Gasteiger partial charge on any atom is -0.324 e. The van der Waals surface area contributed by atoms with Crippen molar-refractivity contribution in [2.45, 2.75) is 13.3 Å². The average molecular weight is 138 g/mol. The first-order chi connectivity index (χ1) is 4.74. The number of hydrogen-bond acceptors (Lipinski definition) is 2. The third-order valence-electron chi connectivity index (χ3n) is 1.42. The quantitative estimate of drug-likeness (QED) is 0.526. The molecule has 0 aromatic rings. The molecule has 0 unspecified atom stereocenters. The minimum atomic E-state index is 0.0624. The monoisotopic (exact) mass is 138 g/mol. The maximum atomic E-state index is 10.7. The SMILES string of the molecule is CN=CC1=C(C)CC(=O)N1. The molecule has 1 heterocycles. The van der Waals surface area contributed by atoms with Crippen LogP contribution in [-0.2, 0) is 4.79 Å². The van der Waals surface area contributed by atoms with Crippen molar-refractivity contribution in [2.24, 2.45) is 4.99 Å². The first-order valence-electron chi connectivity index (χ1n) is 3.16. The van der Waals surface area contributed by atoms with Gasteiger partial charge in [-0.25, -0.2) is 0 Å². The van der Waals surface area contributed by atoms with E-state index in [4.69, 9.17) is 0 Å². The fourth-order valence-corrected chi connectivity index (χ4v) is 0.909. The van der Waals surface area contributed by atoms with Gasteiger partial charge >= 0.3 is 0 Å². The second-order valence-corrected chi connectivity index (χ2v) is 2.31. The molecule has 0 spiro atoms. The summed E-state index contributed by atoms with van der Waals surface area (Å²) in [5.74, 6) is 0.0624. The van der Waals surface area contributed by atoms with Gasteiger partial charge in [-0.2, -0.15) is 0 Å². The van der Waals surface area contributed by atoms with E-state index < -0.39 is 0 Å². The number of allylic oxidation sites excluding steroid dienone is 1. The van der Waals surface area contributed by atoms with E-state index in [1.807, 2.05) is 6.92 Å². The Kier molecular flexibility index (Phi) is 1.85. The molecule has 0 saturated carbocycles. The number of amides is 1. The van der Waals surface area contributed by atoms with E-state index in [2.05, 4.69) is 10.3 Å². The van der Waals surface area contributed by atoms with Crippen LogP contribution in [0.3, 0.4) is 0 Å². The third kappa shape index (κ3) is 1.23. The van der Waals surface area contributed by atoms with Gasteiger partial charge in [0.2, 0.25) is 5.91 Å². The van der Waals surface area contributed by atoms with Crippen LogP contribution in [0.25, 0.3) is 0 Å². The predicted octanol–water partition coefficient (Wildman–Crippen LogP) is 0.481. The van der Waals surface area contributed by atoms with E-state index in [0.29, 0.717) is 6.42 Å². The van der Waals surface area contributed by atoms with E-state index in [1.165, 1.54) is 0 Å². The standard InChI is InChI=1S/C7H10N2O/c1-5-3-7(10)9-6(5)4-8-2/h4H,3H2,1-2H3,(H,9,10). The molecule has 0 aromatic carbocycles. The van der Waals surface area contributed by atoms with Crippen molar-refractivity contribution < 1.29 is 4.79 Å². The van der Waals surface area contributed by atoms with E-state index in [1.54, 1.807) is 13.3 Å². The predicted molar refractivity (Wildman–Crippen MR) is 39.9 cm³/mol. The van der Waals surface area contributed by atoms with Crippen molar-refractivity contribution >= 4 is 12.1 Å². The van der Waals surface area contributed by atoms with Crippen LogP contribution >= 0.6 is 0 Å². The normalized spacial score (nSPS) is 18.8. The molecule has 0 bridgehead atoms. The van der Waals surface area contributed by atoms with Crippen LogP contribution in [-0.4, -0.2) is 19.2 Å². The van der Waals surface area contributed by atoms with E-state index in [-0.39, 0.29) is 5.91 Å². The Labute approximate surface area is 59.8 Å². The molecular weight excluding hydrogens is 128 g/mol. The second-order valence-electron chi connectivity index (χ2n) is 2.31. The van der Waals surface area contributed by atoms with Crippen LogP contribution in [0, 0.1) is 0 Å². The molecule has 3 heteroatoms. The van der Waals surface area contributed by atoms with Gasteiger partial charge in [0.25, 0.3) is 0 Å². The van der Waals surface area contributed by atoms with Crippen LogP contribution in [0.2, 0.25) is 0 Å². The molecule has 1 rings (SSSR count). The van der Waals surface area contributed by atoms with Crippen molar-refractivity contribution in [1.29, 1.82) is 0 Å². The lowest BCUT2D eigenvalue weighted by Crippen LogP contribution is -2.15. The molecule has 0 aromatic heterocycles. The summed E-state index contributed by atoms with van der Waals surface area (Å²) < 4.78 is 0. The summed E-state index contributed by atoms with van der Waals surface area (Å²) in [6, 6.07) is 0. The molecule has 1 amide bonds. The first kappa shape index (κ1) is 6.99. The Bertz CT molecular complexity index is 216. The van der Waals surface area contributed by atoms with Gasteiger partial charge in [0.05, 0.1) is 12.1 Å². The van der Waals surface area contributed by atoms with Gasteiger partial charge in [0, 0.05) is 13.3 Å². The lowest BCUT2D eigenvalue weighted by Gasteiger charge is -1.92. The highest BCUT2D eigenvalue weighted by Crippen LogP contribution is 2.10. The molecule has 0 fully saturated rings. The summed E-state index contributed by atoms with van der Waals surface area (Å²) in [5.41, 5.74) is 1.92. The Morgan fingerprint density at radius 1 is 1.70 bits per heavy atom. The number of carbonyl (C=O) groups excluding carboxylic acids is 1. The number of nitrogens with one attached hydrogen (secondary N) is 1. The average Bonchev–Trinajstić information content (AvgIpc) is 2.13. The first-order valence-corrected chi connectivity index (χ1v) is 3.16. The van der Waals surface area contributed by atoms with Crippen LogP contribution in [0.4, 0.5) is 0 Å². The Morgan fingerprint density at radius 2 is 2.40 bits per heavy atom. The largest absolute Gasteiger partial charge is 0.324 e. The summed E-state index contributed by atoms with van der Waals surface area (Å²) in [6.45, 7) is 1.93. The molecule has 54 valence electrons. The van der Waals surface area contributed by atoms with Crippen molar-refractivity contribution in [3.8, 4) is 0 Å². The summed E-state index contributed by atoms with van der Waals surface area (Å²) in [5, 5.41) is 2.70. The highest BCUT2D eigenvalue weighted by atomic mass is 16.1. The number of hydrogen-bond donors (Lipinski definition) is 1. The van der Waals surface area contributed by atoms with Gasteiger partial charge in [-0.05, 0) is 12.5 Å². The topological polar surface area (TPSA) is 41.5 Å². The van der Waals surface area contributed by atoms with Crippen LogP contribution < -0.4 is 5.32 Å². The zero-order chi connectivity index (χ0) is 7.56. The van der Waals surface area contributed by atoms with Gasteiger partial charge < -0.3 is 5.32 Å². The molecule has 10 heavy (non-hydrogen) atoms. The fourth-order valence-electron chi connectivity index (χ4n) is 0.909. The smallest absolute Gasteiger partial charge is 0.228 e. The van der Waals surface area contributed by atoms with E-state index in [0.717, 1.165) is 11.3 Å². The molecule has 0 atom stereocenters. The van der Waals surface area contributed by atoms with Gasteiger partial charge in [-0.1, -0.05) is 0 Å². The van der Waals surface area contributed by atoms with Crippen molar-refractivity contribution in [1.82, 2.24) is 5.32 Å². The number of aliphatic imine (C=N–C) groups is 1. The van der Waals surface area contributed by atoms with Gasteiger partial charge in [0.15, 0.2) is 0 Å². The van der Waals surface area contributed by atoms with Crippen molar-refractivity contribution in [3.63, 3.8) is 0 Å². The van der Waals surface area contributed by atoms with E-state index in [9.17, 15) is 4.79 Å². The Morgan fingerprint density at radius 3 is 2.80 bits per heavy atom. The van der Waals surface area contributed by atoms with Gasteiger partial charge in [-0.15, -0.1) is 0 Å². The van der Waals surface area contributed by atoms with E-state index >= 15 is 0 Å². The summed E-state index contributed by atoms with van der Waals surface area (Å²) in [4.78, 5) is 14.5. The van der Waals surface area contributed by atoms with Gasteiger partial charge in [-0.3, -0.25) is 9.79 Å². The maximum absolute atomic E-state index is 10.7. The lowest BCUT2D eigenvalue weighted by molar-refractivity contribution is -0.118. The van der Waals surface area contributed by atoms with Crippen LogP contribution in [0.1, 0.15) is 13.3 Å². The Hall–Kier alpha value is -1.12. The zero-order valence-corrected chi connectivity index (χ0v) is 6.14. The van der Waals surface area contributed by atoms with Crippen molar-refractivity contribution in [2.75, 3.05) is 7.05 Å². The van der Waals surface area contributed by atoms with Crippen LogP contribution in [0.5, 0.6) is 0 Å². The number of rotatable bonds is 1. The second kappa shape index (κ2) is 2.64. The Balaban J connectivity index is 2.75. The summed E-state index contributed by atoms with van der Waals surface area (Å²) in [6.07, 6.45) is 2.18. The highest BCUT2D eigenvalue weighted by Gasteiger charge is 2.14. The molecule has 1 N–H and O–H groups in total. The van der Waals surface area contributed by atoms with Crippen LogP contribution in [0.15, 0.2) is 16.3 Å². The van der Waals surface area contributed by atoms with Crippen molar-refractivity contribution in [3.05, 3.63) is 11.3 Å². The zero-order valence-electron chi connectivity index (χ0n) is 6.14. The molecular formula is C7H10N2O. The minimum absolute atomic E-state index is 0.0624. The number of carbonyl (C=O) groups is 1. The number of nitrogens with zero attached hydrogens (tertiary/aromatic N) is 1.